The van der Waals surface area contributed by atoms with Crippen LogP contribution in [-0.2, 0) is 6.54 Å². The van der Waals surface area contributed by atoms with Crippen molar-refractivity contribution in [3.63, 3.8) is 0 Å². The average Bonchev–Trinajstić information content (AvgIpc) is 2.39. The topological polar surface area (TPSA) is 48.1 Å². The summed E-state index contributed by atoms with van der Waals surface area (Å²) >= 11 is 0. The summed E-state index contributed by atoms with van der Waals surface area (Å²) in [6, 6.07) is 12.0. The molecule has 0 amide bonds. The van der Waals surface area contributed by atoms with Crippen LogP contribution in [0.15, 0.2) is 42.6 Å². The number of nitrogens with zero attached hydrogens (tertiary/aromatic N) is 1. The zero-order chi connectivity index (χ0) is 11.4. The van der Waals surface area contributed by atoms with Gasteiger partial charge in [-0.25, -0.2) is 4.98 Å². The Kier molecular flexibility index (Phi) is 3.17. The largest absolute Gasteiger partial charge is 0.481 e. The smallest absolute Gasteiger partial charge is 0.212 e. The quantitative estimate of drug-likeness (QED) is 0.852. The van der Waals surface area contributed by atoms with E-state index < -0.39 is 0 Å². The first-order valence-electron chi connectivity index (χ1n) is 5.13. The van der Waals surface area contributed by atoms with Crippen LogP contribution in [0.3, 0.4) is 0 Å². The van der Waals surface area contributed by atoms with Gasteiger partial charge in [-0.1, -0.05) is 24.3 Å². The van der Waals surface area contributed by atoms with Gasteiger partial charge in [-0.15, -0.1) is 0 Å². The Morgan fingerprint density at radius 1 is 1.06 bits per heavy atom. The molecule has 82 valence electrons. The van der Waals surface area contributed by atoms with Crippen molar-refractivity contribution in [1.29, 1.82) is 0 Å². The van der Waals surface area contributed by atoms with Crippen LogP contribution in [0.2, 0.25) is 0 Å². The number of benzene rings is 1. The highest BCUT2D eigenvalue weighted by molar-refractivity contribution is 5.62. The molecule has 0 saturated heterocycles. The maximum absolute atomic E-state index is 5.55. The van der Waals surface area contributed by atoms with Gasteiger partial charge in [0, 0.05) is 24.4 Å². The van der Waals surface area contributed by atoms with Crippen LogP contribution >= 0.6 is 0 Å². The van der Waals surface area contributed by atoms with Crippen LogP contribution in [0.1, 0.15) is 5.56 Å². The summed E-state index contributed by atoms with van der Waals surface area (Å²) < 4.78 is 5.01. The Hall–Kier alpha value is -1.87. The molecular formula is C13H14N2O. The summed E-state index contributed by atoms with van der Waals surface area (Å²) in [6.07, 6.45) is 1.80. The van der Waals surface area contributed by atoms with E-state index in [-0.39, 0.29) is 0 Å². The summed E-state index contributed by atoms with van der Waals surface area (Å²) in [5, 5.41) is 0. The number of hydrogen-bond donors (Lipinski definition) is 1. The molecule has 2 rings (SSSR count). The van der Waals surface area contributed by atoms with Crippen molar-refractivity contribution >= 4 is 0 Å². The lowest BCUT2D eigenvalue weighted by atomic mass is 10.1. The van der Waals surface area contributed by atoms with Crippen LogP contribution in [0, 0.1) is 0 Å². The van der Waals surface area contributed by atoms with Crippen LogP contribution in [-0.4, -0.2) is 12.1 Å². The molecule has 1 heterocycles. The highest BCUT2D eigenvalue weighted by Crippen LogP contribution is 2.20. The molecule has 1 aromatic carbocycles. The number of aromatic nitrogens is 1. The summed E-state index contributed by atoms with van der Waals surface area (Å²) in [6.45, 7) is 0.571. The van der Waals surface area contributed by atoms with E-state index in [1.807, 2.05) is 36.4 Å². The summed E-state index contributed by atoms with van der Waals surface area (Å²) in [4.78, 5) is 4.17. The predicted molar refractivity (Wildman–Crippen MR) is 64.1 cm³/mol. The van der Waals surface area contributed by atoms with Crippen molar-refractivity contribution < 1.29 is 4.74 Å². The molecule has 3 heteroatoms. The van der Waals surface area contributed by atoms with Crippen molar-refractivity contribution in [2.24, 2.45) is 5.73 Å². The van der Waals surface area contributed by atoms with E-state index in [0.29, 0.717) is 12.4 Å². The standard InChI is InChI=1S/C13H14N2O/c1-16-13-7-6-12(9-15-13)11-4-2-10(8-14)3-5-11/h2-7,9H,8,14H2,1H3. The normalized spacial score (nSPS) is 10.1. The third kappa shape index (κ3) is 2.20. The van der Waals surface area contributed by atoms with Gasteiger partial charge in [-0.3, -0.25) is 0 Å². The third-order valence-electron chi connectivity index (χ3n) is 2.47. The van der Waals surface area contributed by atoms with Gasteiger partial charge in [-0.05, 0) is 17.2 Å². The fraction of sp³-hybridized carbons (Fsp3) is 0.154. The molecule has 0 aliphatic heterocycles. The van der Waals surface area contributed by atoms with E-state index >= 15 is 0 Å². The molecule has 2 aromatic rings. The number of ether oxygens (including phenoxy) is 1. The summed E-state index contributed by atoms with van der Waals surface area (Å²) in [7, 11) is 1.61. The van der Waals surface area contributed by atoms with Gasteiger partial charge in [-0.2, -0.15) is 0 Å². The minimum absolute atomic E-state index is 0.571. The number of rotatable bonds is 3. The van der Waals surface area contributed by atoms with E-state index in [4.69, 9.17) is 10.5 Å². The van der Waals surface area contributed by atoms with Crippen LogP contribution < -0.4 is 10.5 Å². The zero-order valence-electron chi connectivity index (χ0n) is 9.18. The molecule has 16 heavy (non-hydrogen) atoms. The molecule has 2 N–H and O–H groups in total. The van der Waals surface area contributed by atoms with Crippen molar-refractivity contribution in [2.75, 3.05) is 7.11 Å². The fourth-order valence-electron chi connectivity index (χ4n) is 1.51. The number of nitrogens with two attached hydrogens (primary N) is 1. The molecule has 0 radical (unpaired) electrons. The van der Waals surface area contributed by atoms with Gasteiger partial charge in [0.1, 0.15) is 0 Å². The van der Waals surface area contributed by atoms with Crippen molar-refractivity contribution in [1.82, 2.24) is 4.98 Å². The second-order valence-corrected chi connectivity index (χ2v) is 3.49. The molecule has 3 nitrogen and oxygen atoms in total. The molecule has 0 bridgehead atoms. The molecule has 0 atom stereocenters. The lowest BCUT2D eigenvalue weighted by molar-refractivity contribution is 0.398. The maximum atomic E-state index is 5.55. The highest BCUT2D eigenvalue weighted by Gasteiger charge is 1.99. The van der Waals surface area contributed by atoms with Crippen molar-refractivity contribution in [2.45, 2.75) is 6.54 Å². The van der Waals surface area contributed by atoms with Crippen LogP contribution in [0.5, 0.6) is 5.88 Å². The van der Waals surface area contributed by atoms with E-state index in [1.54, 1.807) is 13.3 Å². The Balaban J connectivity index is 2.28. The van der Waals surface area contributed by atoms with Gasteiger partial charge in [0.05, 0.1) is 7.11 Å². The van der Waals surface area contributed by atoms with Crippen molar-refractivity contribution in [3.05, 3.63) is 48.2 Å². The first-order chi connectivity index (χ1) is 7.83. The Labute approximate surface area is 94.9 Å². The molecule has 0 aliphatic rings. The van der Waals surface area contributed by atoms with Gasteiger partial charge < -0.3 is 10.5 Å². The molecule has 0 spiro atoms. The van der Waals surface area contributed by atoms with Gasteiger partial charge in [0.2, 0.25) is 5.88 Å². The lowest BCUT2D eigenvalue weighted by Crippen LogP contribution is -1.95. The molecule has 0 unspecified atom stereocenters. The average molecular weight is 214 g/mol. The summed E-state index contributed by atoms with van der Waals surface area (Å²) in [5.74, 6) is 0.627. The van der Waals surface area contributed by atoms with Crippen molar-refractivity contribution in [3.8, 4) is 17.0 Å². The minimum atomic E-state index is 0.571. The number of hydrogen-bond acceptors (Lipinski definition) is 3. The SMILES string of the molecule is COc1ccc(-c2ccc(CN)cc2)cn1. The number of pyridine rings is 1. The maximum Gasteiger partial charge on any atom is 0.212 e. The first kappa shape index (κ1) is 10.6. The second-order valence-electron chi connectivity index (χ2n) is 3.49. The third-order valence-corrected chi connectivity index (χ3v) is 2.47. The molecule has 0 fully saturated rings. The predicted octanol–water partition coefficient (Wildman–Crippen LogP) is 2.22. The fourth-order valence-corrected chi connectivity index (χ4v) is 1.51. The number of methoxy groups -OCH3 is 1. The monoisotopic (exact) mass is 214 g/mol. The van der Waals surface area contributed by atoms with E-state index in [1.165, 1.54) is 0 Å². The Bertz CT molecular complexity index is 403. The van der Waals surface area contributed by atoms with E-state index in [2.05, 4.69) is 4.98 Å². The van der Waals surface area contributed by atoms with Crippen LogP contribution in [0.25, 0.3) is 11.1 Å². The second kappa shape index (κ2) is 4.77. The van der Waals surface area contributed by atoms with Gasteiger partial charge in [0.25, 0.3) is 0 Å². The lowest BCUT2D eigenvalue weighted by Gasteiger charge is -2.03. The summed E-state index contributed by atoms with van der Waals surface area (Å²) in [5.41, 5.74) is 8.88. The molecule has 0 saturated carbocycles. The Morgan fingerprint density at radius 2 is 1.75 bits per heavy atom. The molecule has 0 aliphatic carbocycles. The van der Waals surface area contributed by atoms with Gasteiger partial charge >= 0.3 is 0 Å². The van der Waals surface area contributed by atoms with Gasteiger partial charge in [0.15, 0.2) is 0 Å². The molecular weight excluding hydrogens is 200 g/mol. The van der Waals surface area contributed by atoms with E-state index in [0.717, 1.165) is 16.7 Å². The van der Waals surface area contributed by atoms with E-state index in [9.17, 15) is 0 Å². The Morgan fingerprint density at radius 3 is 2.25 bits per heavy atom. The highest BCUT2D eigenvalue weighted by atomic mass is 16.5. The minimum Gasteiger partial charge on any atom is -0.481 e. The van der Waals surface area contributed by atoms with Crippen LogP contribution in [0.4, 0.5) is 0 Å². The zero-order valence-corrected chi connectivity index (χ0v) is 9.18. The first-order valence-corrected chi connectivity index (χ1v) is 5.13. The molecule has 1 aromatic heterocycles.